The molecule has 0 spiro atoms. The van der Waals surface area contributed by atoms with Gasteiger partial charge in [-0.3, -0.25) is 0 Å². The van der Waals surface area contributed by atoms with E-state index in [0.717, 1.165) is 12.1 Å². The third kappa shape index (κ3) is 4.06. The van der Waals surface area contributed by atoms with Gasteiger partial charge >= 0.3 is 6.18 Å². The van der Waals surface area contributed by atoms with Crippen LogP contribution in [0.15, 0.2) is 18.2 Å². The Bertz CT molecular complexity index is 446. The fraction of sp³-hybridized carbons (Fsp3) is 0.364. The first-order valence-corrected chi connectivity index (χ1v) is 5.55. The summed E-state index contributed by atoms with van der Waals surface area (Å²) >= 11 is 4.62. The third-order valence-corrected chi connectivity index (χ3v) is 2.03. The zero-order valence-electron chi connectivity index (χ0n) is 9.84. The quantitative estimate of drug-likeness (QED) is 0.834. The van der Waals surface area contributed by atoms with Crippen LogP contribution in [0, 0.1) is 0 Å². The van der Waals surface area contributed by atoms with Crippen molar-refractivity contribution in [1.82, 2.24) is 0 Å². The lowest BCUT2D eigenvalue weighted by Crippen LogP contribution is -2.20. The number of anilines is 1. The highest BCUT2D eigenvalue weighted by Crippen LogP contribution is 2.35. The molecule has 7 heteroatoms. The van der Waals surface area contributed by atoms with Crippen molar-refractivity contribution in [3.63, 3.8) is 0 Å². The Labute approximate surface area is 108 Å². The minimum atomic E-state index is -4.43. The van der Waals surface area contributed by atoms with Gasteiger partial charge in [0, 0.05) is 0 Å². The number of hydrogen-bond acceptors (Lipinski definition) is 2. The molecule has 18 heavy (non-hydrogen) atoms. The van der Waals surface area contributed by atoms with E-state index >= 15 is 0 Å². The Hall–Kier alpha value is -1.50. The van der Waals surface area contributed by atoms with Gasteiger partial charge in [0.15, 0.2) is 5.11 Å². The molecule has 1 rings (SSSR count). The SMILES string of the molecule is CC(C)Oc1ccc(C(F)(F)F)cc1NC(N)=S. The van der Waals surface area contributed by atoms with Gasteiger partial charge in [0.05, 0.1) is 17.4 Å². The summed E-state index contributed by atoms with van der Waals surface area (Å²) in [5, 5.41) is 2.35. The number of nitrogens with one attached hydrogen (secondary N) is 1. The minimum Gasteiger partial charge on any atom is -0.489 e. The Kier molecular flexibility index (Phi) is 4.39. The highest BCUT2D eigenvalue weighted by atomic mass is 32.1. The fourth-order valence-electron chi connectivity index (χ4n) is 1.29. The molecule has 1 aromatic carbocycles. The van der Waals surface area contributed by atoms with E-state index in [4.69, 9.17) is 10.5 Å². The van der Waals surface area contributed by atoms with E-state index in [1.54, 1.807) is 13.8 Å². The molecule has 3 N–H and O–H groups in total. The Balaban J connectivity index is 3.16. The number of nitrogens with two attached hydrogens (primary N) is 1. The van der Waals surface area contributed by atoms with Gasteiger partial charge in [0.25, 0.3) is 0 Å². The highest BCUT2D eigenvalue weighted by Gasteiger charge is 2.31. The van der Waals surface area contributed by atoms with Crippen molar-refractivity contribution in [2.75, 3.05) is 5.32 Å². The molecule has 0 aliphatic heterocycles. The van der Waals surface area contributed by atoms with Crippen molar-refractivity contribution in [3.8, 4) is 5.75 Å². The van der Waals surface area contributed by atoms with Gasteiger partial charge in [0.1, 0.15) is 5.75 Å². The smallest absolute Gasteiger partial charge is 0.416 e. The lowest BCUT2D eigenvalue weighted by atomic mass is 10.1. The maximum atomic E-state index is 12.6. The second-order valence-electron chi connectivity index (χ2n) is 3.86. The summed E-state index contributed by atoms with van der Waals surface area (Å²) < 4.78 is 43.1. The van der Waals surface area contributed by atoms with E-state index in [-0.39, 0.29) is 22.7 Å². The van der Waals surface area contributed by atoms with Crippen LogP contribution >= 0.6 is 12.2 Å². The number of halogens is 3. The van der Waals surface area contributed by atoms with Crippen LogP contribution < -0.4 is 15.8 Å². The first-order chi connectivity index (χ1) is 8.20. The summed E-state index contributed by atoms with van der Waals surface area (Å²) in [6.07, 6.45) is -4.60. The second kappa shape index (κ2) is 5.43. The fourth-order valence-corrected chi connectivity index (χ4v) is 1.40. The molecule has 0 saturated carbocycles. The van der Waals surface area contributed by atoms with Crippen LogP contribution in [0.1, 0.15) is 19.4 Å². The van der Waals surface area contributed by atoms with Gasteiger partial charge in [-0.25, -0.2) is 0 Å². The molecular weight excluding hydrogens is 265 g/mol. The average Bonchev–Trinajstić information content (AvgIpc) is 2.17. The number of benzene rings is 1. The molecule has 0 radical (unpaired) electrons. The number of rotatable bonds is 3. The minimum absolute atomic E-state index is 0.103. The van der Waals surface area contributed by atoms with Crippen molar-refractivity contribution in [2.45, 2.75) is 26.1 Å². The van der Waals surface area contributed by atoms with E-state index in [1.807, 2.05) is 0 Å². The zero-order valence-corrected chi connectivity index (χ0v) is 10.7. The maximum Gasteiger partial charge on any atom is 0.416 e. The van der Waals surface area contributed by atoms with Gasteiger partial charge in [-0.05, 0) is 44.3 Å². The summed E-state index contributed by atoms with van der Waals surface area (Å²) in [6, 6.07) is 3.10. The summed E-state index contributed by atoms with van der Waals surface area (Å²) in [7, 11) is 0. The van der Waals surface area contributed by atoms with Crippen LogP contribution in [0.4, 0.5) is 18.9 Å². The predicted octanol–water partition coefficient (Wildman–Crippen LogP) is 3.15. The topological polar surface area (TPSA) is 47.3 Å². The number of hydrogen-bond donors (Lipinski definition) is 2. The molecule has 1 aromatic rings. The average molecular weight is 278 g/mol. The monoisotopic (exact) mass is 278 g/mol. The molecule has 0 unspecified atom stereocenters. The molecule has 0 aromatic heterocycles. The molecule has 100 valence electrons. The van der Waals surface area contributed by atoms with Crippen molar-refractivity contribution in [2.24, 2.45) is 5.73 Å². The Morgan fingerprint density at radius 1 is 1.39 bits per heavy atom. The van der Waals surface area contributed by atoms with Gasteiger partial charge in [-0.15, -0.1) is 0 Å². The lowest BCUT2D eigenvalue weighted by Gasteiger charge is -2.17. The van der Waals surface area contributed by atoms with Gasteiger partial charge < -0.3 is 15.8 Å². The molecule has 0 aliphatic carbocycles. The summed E-state index contributed by atoms with van der Waals surface area (Å²) in [4.78, 5) is 0. The van der Waals surface area contributed by atoms with Crippen molar-refractivity contribution in [3.05, 3.63) is 23.8 Å². The predicted molar refractivity (Wildman–Crippen MR) is 67.6 cm³/mol. The third-order valence-electron chi connectivity index (χ3n) is 1.93. The maximum absolute atomic E-state index is 12.6. The molecule has 0 amide bonds. The number of ether oxygens (including phenoxy) is 1. The Morgan fingerprint density at radius 3 is 2.44 bits per heavy atom. The lowest BCUT2D eigenvalue weighted by molar-refractivity contribution is -0.137. The first kappa shape index (κ1) is 14.6. The largest absolute Gasteiger partial charge is 0.489 e. The van der Waals surface area contributed by atoms with Crippen molar-refractivity contribution < 1.29 is 17.9 Å². The molecule has 0 saturated heterocycles. The molecule has 3 nitrogen and oxygen atoms in total. The van der Waals surface area contributed by atoms with E-state index in [1.165, 1.54) is 6.07 Å². The molecule has 0 fully saturated rings. The standard InChI is InChI=1S/C11H13F3N2OS/c1-6(2)17-9-4-3-7(11(12,13)14)5-8(9)16-10(15)18/h3-6H,1-2H3,(H3,15,16,18). The van der Waals surface area contributed by atoms with Crippen LogP contribution in [-0.4, -0.2) is 11.2 Å². The van der Waals surface area contributed by atoms with E-state index in [2.05, 4.69) is 17.5 Å². The van der Waals surface area contributed by atoms with Crippen LogP contribution in [0.3, 0.4) is 0 Å². The first-order valence-electron chi connectivity index (χ1n) is 5.14. The molecule has 0 bridgehead atoms. The summed E-state index contributed by atoms with van der Waals surface area (Å²) in [5.74, 6) is 0.269. The van der Waals surface area contributed by atoms with Crippen LogP contribution in [0.25, 0.3) is 0 Å². The normalized spacial score (nSPS) is 11.4. The van der Waals surface area contributed by atoms with Gasteiger partial charge in [-0.1, -0.05) is 0 Å². The van der Waals surface area contributed by atoms with Crippen molar-refractivity contribution >= 4 is 23.0 Å². The zero-order chi connectivity index (χ0) is 13.9. The van der Waals surface area contributed by atoms with Crippen LogP contribution in [0.5, 0.6) is 5.75 Å². The molecule has 0 atom stereocenters. The van der Waals surface area contributed by atoms with E-state index in [9.17, 15) is 13.2 Å². The highest BCUT2D eigenvalue weighted by molar-refractivity contribution is 7.80. The van der Waals surface area contributed by atoms with Crippen LogP contribution in [0.2, 0.25) is 0 Å². The summed E-state index contributed by atoms with van der Waals surface area (Å²) in [6.45, 7) is 3.53. The van der Waals surface area contributed by atoms with Crippen LogP contribution in [-0.2, 0) is 6.18 Å². The number of alkyl halides is 3. The molecule has 0 heterocycles. The summed E-state index contributed by atoms with van der Waals surface area (Å²) in [5.41, 5.74) is 4.58. The van der Waals surface area contributed by atoms with E-state index in [0.29, 0.717) is 0 Å². The Morgan fingerprint density at radius 2 is 2.00 bits per heavy atom. The van der Waals surface area contributed by atoms with E-state index < -0.39 is 11.7 Å². The molecule has 0 aliphatic rings. The van der Waals surface area contributed by atoms with Gasteiger partial charge in [-0.2, -0.15) is 13.2 Å². The van der Waals surface area contributed by atoms with Gasteiger partial charge in [0.2, 0.25) is 0 Å². The second-order valence-corrected chi connectivity index (χ2v) is 4.30. The number of thiocarbonyl (C=S) groups is 1. The molecular formula is C11H13F3N2OS. The van der Waals surface area contributed by atoms with Crippen molar-refractivity contribution in [1.29, 1.82) is 0 Å².